The van der Waals surface area contributed by atoms with E-state index in [0.29, 0.717) is 40.3 Å². The van der Waals surface area contributed by atoms with Gasteiger partial charge in [0.25, 0.3) is 0 Å². The second-order valence-electron chi connectivity index (χ2n) is 27.2. The van der Waals surface area contributed by atoms with E-state index < -0.39 is 11.2 Å². The minimum Gasteiger partial charge on any atom is -1.00 e. The topological polar surface area (TPSA) is 96.3 Å². The van der Waals surface area contributed by atoms with Gasteiger partial charge in [0.15, 0.2) is 5.78 Å². The number of carbonyl (C=O) groups excluding carboxylic acids is 2. The van der Waals surface area contributed by atoms with Crippen LogP contribution in [0.1, 0.15) is 217 Å². The van der Waals surface area contributed by atoms with Crippen LogP contribution in [0.4, 0.5) is 0 Å². The van der Waals surface area contributed by atoms with Gasteiger partial charge < -0.3 is 31.9 Å². The molecule has 1 amide bonds. The summed E-state index contributed by atoms with van der Waals surface area (Å²) in [6, 6.07) is 15.5. The van der Waals surface area contributed by atoms with Crippen molar-refractivity contribution in [3.63, 3.8) is 0 Å². The smallest absolute Gasteiger partial charge is 1.00 e. The van der Waals surface area contributed by atoms with Crippen LogP contribution in [-0.2, 0) is 14.4 Å². The molecule has 8 aliphatic carbocycles. The molecule has 0 bridgehead atoms. The molecule has 2 aromatic carbocycles. The van der Waals surface area contributed by atoms with Gasteiger partial charge in [-0.25, -0.2) is 5.06 Å². The summed E-state index contributed by atoms with van der Waals surface area (Å²) in [5.41, 5.74) is 6.06. The van der Waals surface area contributed by atoms with E-state index in [-0.39, 0.29) is 83.5 Å². The zero-order valence-electron chi connectivity index (χ0n) is 47.9. The Labute approximate surface area is 485 Å². The second-order valence-corrected chi connectivity index (χ2v) is 27.2. The molecule has 75 heavy (non-hydrogen) atoms. The van der Waals surface area contributed by atoms with E-state index >= 15 is 0 Å². The summed E-state index contributed by atoms with van der Waals surface area (Å²) < 4.78 is 4.94. The molecule has 0 spiro atoms. The number of benzene rings is 2. The van der Waals surface area contributed by atoms with E-state index in [2.05, 4.69) is 92.6 Å². The average molecular weight is 1110 g/mol. The molecule has 420 valence electrons. The fraction of sp³-hybridized carbons (Fsp3) is 0.788. The number of hydrogen-bond acceptors (Lipinski definition) is 6. The van der Waals surface area contributed by atoms with Gasteiger partial charge in [0.05, 0.1) is 18.3 Å². The number of amides is 1. The van der Waals surface area contributed by atoms with Crippen LogP contribution in [-0.4, -0.2) is 88.6 Å². The van der Waals surface area contributed by atoms with E-state index in [4.69, 9.17) is 9.57 Å². The van der Waals surface area contributed by atoms with Gasteiger partial charge in [-0.2, -0.15) is 35.4 Å². The Morgan fingerprint density at radius 3 is 1.39 bits per heavy atom. The summed E-state index contributed by atoms with van der Waals surface area (Å²) in [5.74, 6) is 6.72. The van der Waals surface area contributed by atoms with Gasteiger partial charge in [-0.3, -0.25) is 14.4 Å². The summed E-state index contributed by atoms with van der Waals surface area (Å²) in [6.45, 7) is 24.4. The van der Waals surface area contributed by atoms with Crippen molar-refractivity contribution in [1.82, 2.24) is 5.06 Å². The minimum atomic E-state index is -0.462. The average Bonchev–Trinajstić information content (AvgIpc) is 4.09. The van der Waals surface area contributed by atoms with Crippen LogP contribution in [0, 0.1) is 115 Å². The zero-order valence-corrected chi connectivity index (χ0v) is 50.9. The van der Waals surface area contributed by atoms with Crippen molar-refractivity contribution < 1.29 is 46.4 Å². The number of ether oxygens (including phenoxy) is 1. The minimum absolute atomic E-state index is 0. The maximum Gasteiger partial charge on any atom is 2.00 e. The molecule has 0 aromatic heterocycles. The molecule has 9 fully saturated rings. The fourth-order valence-electron chi connectivity index (χ4n) is 18.6. The molecule has 7 nitrogen and oxygen atoms in total. The monoisotopic (exact) mass is 1110 g/mol. The third-order valence-electron chi connectivity index (χ3n) is 22.5. The third kappa shape index (κ3) is 13.5. The molecule has 0 radical (unpaired) electrons. The Kier molecular flexibility index (Phi) is 23.0. The van der Waals surface area contributed by atoms with Gasteiger partial charge in [0, 0.05) is 37.7 Å². The first-order chi connectivity index (χ1) is 33.4. The molecule has 8 saturated carbocycles. The van der Waals surface area contributed by atoms with Gasteiger partial charge in [0.2, 0.25) is 5.91 Å². The van der Waals surface area contributed by atoms with Gasteiger partial charge >= 0.3 is 23.1 Å². The number of rotatable bonds is 4. The maximum absolute atomic E-state index is 13.7. The molecule has 1 aliphatic heterocycles. The zero-order chi connectivity index (χ0) is 51.3. The Balaban J connectivity index is 0.000000251. The summed E-state index contributed by atoms with van der Waals surface area (Å²) in [7, 11) is 3.34. The summed E-state index contributed by atoms with van der Waals surface area (Å²) in [6.07, 6.45) is 23.4. The number of fused-ring (bicyclic) bond motifs is 10. The van der Waals surface area contributed by atoms with Crippen LogP contribution >= 0.6 is 0 Å². The van der Waals surface area contributed by atoms with Crippen molar-refractivity contribution in [2.75, 3.05) is 27.4 Å². The van der Waals surface area contributed by atoms with Crippen molar-refractivity contribution in [2.24, 2.45) is 80.8 Å². The molecule has 9 heteroatoms. The Morgan fingerprint density at radius 2 is 0.987 bits per heavy atom. The molecule has 2 N–H and O–H groups in total. The first-order valence-electron chi connectivity index (χ1n) is 28.9. The van der Waals surface area contributed by atoms with Crippen molar-refractivity contribution >= 4 is 34.7 Å². The van der Waals surface area contributed by atoms with Crippen molar-refractivity contribution in [2.45, 2.75) is 224 Å². The summed E-state index contributed by atoms with van der Waals surface area (Å²) in [5, 5.41) is 22.8. The quantitative estimate of drug-likeness (QED) is 0.137. The van der Waals surface area contributed by atoms with Crippen LogP contribution < -0.4 is 17.0 Å². The van der Waals surface area contributed by atoms with E-state index in [9.17, 15) is 19.8 Å². The number of halogens is 1. The van der Waals surface area contributed by atoms with E-state index in [0.717, 1.165) is 81.0 Å². The molecule has 11 rings (SSSR count). The Hall–Kier alpha value is -1.33. The predicted octanol–water partition coefficient (Wildman–Crippen LogP) is 12.1. The SMILES string of the molecule is C.C.C1CCOC1.CON(C)C(=O)[C@H]1CC[C@H]2[C@@H]3CC[C@@H]4C[C@](C)(O)CC[C@]4(C)[C@H]3CC[C@]12C.Cc1c[c-]cc(C)c1.Cc1cc(C)cc(C(=O)[C@H]2CC[C@H]3[C@@H]4CC[C@@H]5C[C@](C)(O)CC[C@]5(C)[C@H]4CC[C@]23C)c1.[Br-].[Mg+2]. The molecule has 1 heterocycles. The number of ketones is 1. The van der Waals surface area contributed by atoms with Gasteiger partial charge in [-0.1, -0.05) is 73.6 Å². The van der Waals surface area contributed by atoms with E-state index in [1.165, 1.54) is 117 Å². The van der Waals surface area contributed by atoms with Crippen molar-refractivity contribution in [1.29, 1.82) is 0 Å². The van der Waals surface area contributed by atoms with Crippen LogP contribution in [0.25, 0.3) is 0 Å². The number of nitrogens with zero attached hydrogens (tertiary/aromatic N) is 1. The van der Waals surface area contributed by atoms with Gasteiger partial charge in [-0.15, -0.1) is 0 Å². The van der Waals surface area contributed by atoms with E-state index in [1.54, 1.807) is 14.2 Å². The number of aliphatic hydroxyl groups is 2. The summed E-state index contributed by atoms with van der Waals surface area (Å²) in [4.78, 5) is 31.9. The van der Waals surface area contributed by atoms with Crippen LogP contribution in [0.2, 0.25) is 0 Å². The van der Waals surface area contributed by atoms with Gasteiger partial charge in [-0.05, 0) is 237 Å². The first-order valence-corrected chi connectivity index (χ1v) is 28.9. The number of hydrogen-bond donors (Lipinski definition) is 2. The van der Waals surface area contributed by atoms with Crippen LogP contribution in [0.3, 0.4) is 0 Å². The number of carbonyl (C=O) groups is 2. The molecule has 0 unspecified atom stereocenters. The van der Waals surface area contributed by atoms with E-state index in [1.807, 2.05) is 19.1 Å². The largest absolute Gasteiger partial charge is 2.00 e. The molecule has 2 aromatic rings. The van der Waals surface area contributed by atoms with Crippen molar-refractivity contribution in [3.8, 4) is 0 Å². The van der Waals surface area contributed by atoms with Crippen molar-refractivity contribution in [3.05, 3.63) is 70.3 Å². The molecule has 16 atom stereocenters. The normalized spacial score (nSPS) is 40.6. The second kappa shape index (κ2) is 26.1. The molecular weight excluding hydrogens is 1010 g/mol. The van der Waals surface area contributed by atoms with Crippen LogP contribution in [0.5, 0.6) is 0 Å². The Morgan fingerprint density at radius 1 is 0.573 bits per heavy atom. The first kappa shape index (κ1) is 66.2. The third-order valence-corrected chi connectivity index (χ3v) is 22.5. The van der Waals surface area contributed by atoms with Gasteiger partial charge in [0.1, 0.15) is 0 Å². The summed E-state index contributed by atoms with van der Waals surface area (Å²) >= 11 is 0. The predicted molar refractivity (Wildman–Crippen MR) is 306 cm³/mol. The molecule has 1 saturated heterocycles. The Bertz CT molecular complexity index is 2150. The fourth-order valence-corrected chi connectivity index (χ4v) is 18.6. The molecule has 9 aliphatic rings. The van der Waals surface area contributed by atoms with Crippen LogP contribution in [0.15, 0.2) is 36.4 Å². The number of hydroxylamine groups is 2. The number of aryl methyl sites for hydroxylation is 4. The standard InChI is InChI=1S/C29H42O2.C23H39NO3.C8H9.C4H8O.2CH4.BrH.Mg/c1-18-14-19(2)16-20(15-18)26(30)25-9-8-23-22-7-6-21-17-27(3,31)12-13-28(21,4)24(22)10-11-29(23,25)5;1-21(26)12-13-22(2)15(14-21)6-7-16-17-8-9-19(20(25)24(4)27-5)23(17,3)11-10-18(16)22;1-7-4-3-5-8(2)6-7;1-2-4-5-3-1;;;;/h14-16,21-25,31H,6-13,17H2,1-5H3;15-19,26H,6-14H2,1-5H3;4-6H,1-2H3;1-4H2;2*1H4;1H;/q;;-1;;;;;+2/p-1/t21-,22+,23+,24+,25-,27-,28+,29+;15-,16+,17+,18+,19-,21-,22+,23+;;;;;;/m11....../s1. The molecular formula is C66H106BrMgNO6. The maximum atomic E-state index is 13.7. The number of Topliss-reactive ketones (excluding diaryl/α,β-unsaturated/α-hetero) is 1.